The second-order valence-corrected chi connectivity index (χ2v) is 6.94. The minimum Gasteiger partial charge on any atom is -0.484 e. The van der Waals surface area contributed by atoms with E-state index in [1.165, 1.54) is 0 Å². The minimum atomic E-state index is -0.941. The largest absolute Gasteiger partial charge is 0.484 e. The van der Waals surface area contributed by atoms with Crippen LogP contribution in [0.2, 0.25) is 0 Å². The van der Waals surface area contributed by atoms with Gasteiger partial charge in [-0.15, -0.1) is 0 Å². The zero-order valence-electron chi connectivity index (χ0n) is 17.5. The number of ether oxygens (including phenoxy) is 1. The third-order valence-electron chi connectivity index (χ3n) is 4.58. The van der Waals surface area contributed by atoms with Gasteiger partial charge in [0.15, 0.2) is 12.4 Å². The van der Waals surface area contributed by atoms with Crippen LogP contribution < -0.4 is 4.74 Å². The van der Waals surface area contributed by atoms with E-state index in [-0.39, 0.29) is 6.61 Å². The van der Waals surface area contributed by atoms with Crippen molar-refractivity contribution in [2.24, 2.45) is 11.1 Å². The molecule has 31 heavy (non-hydrogen) atoms. The number of aromatic nitrogens is 2. The number of rotatable bonds is 11. The van der Waals surface area contributed by atoms with E-state index in [2.05, 4.69) is 15.3 Å². The van der Waals surface area contributed by atoms with Crippen molar-refractivity contribution in [1.29, 1.82) is 0 Å². The number of aliphatic carboxylic acids is 1. The van der Waals surface area contributed by atoms with Crippen LogP contribution in [0, 0.1) is 5.92 Å². The summed E-state index contributed by atoms with van der Waals surface area (Å²) in [6, 6.07) is 17.1. The highest BCUT2D eigenvalue weighted by atomic mass is 16.6. The van der Waals surface area contributed by atoms with Gasteiger partial charge in [-0.25, -0.2) is 0 Å². The number of carbonyl (C=O) groups is 1. The second kappa shape index (κ2) is 10.9. The van der Waals surface area contributed by atoms with Crippen molar-refractivity contribution in [2.45, 2.75) is 33.3 Å². The molecule has 0 bridgehead atoms. The van der Waals surface area contributed by atoms with Gasteiger partial charge < -0.3 is 19.2 Å². The second-order valence-electron chi connectivity index (χ2n) is 6.94. The molecule has 1 atom stereocenters. The maximum Gasteiger partial charge on any atom is 0.312 e. The monoisotopic (exact) mass is 423 g/mol. The van der Waals surface area contributed by atoms with E-state index < -0.39 is 11.9 Å². The van der Waals surface area contributed by atoms with Crippen molar-refractivity contribution in [2.75, 3.05) is 6.61 Å². The predicted octanol–water partition coefficient (Wildman–Crippen LogP) is 3.90. The first-order chi connectivity index (χ1) is 15.0. The molecular formula is C23H25N3O5. The minimum absolute atomic E-state index is 0.152. The topological polar surface area (TPSA) is 107 Å². The number of hydrogen-bond acceptors (Lipinski definition) is 7. The summed E-state index contributed by atoms with van der Waals surface area (Å²) in [4.78, 5) is 20.9. The van der Waals surface area contributed by atoms with Crippen LogP contribution in [0.1, 0.15) is 36.7 Å². The molecule has 0 radical (unpaired) electrons. The Labute approximate surface area is 180 Å². The van der Waals surface area contributed by atoms with Crippen LogP contribution in [-0.4, -0.2) is 33.5 Å². The van der Waals surface area contributed by atoms with Gasteiger partial charge in [-0.2, -0.15) is 4.98 Å². The molecule has 0 spiro atoms. The van der Waals surface area contributed by atoms with E-state index in [4.69, 9.17) is 14.1 Å². The number of nitrogens with zero attached hydrogens (tertiary/aromatic N) is 3. The summed E-state index contributed by atoms with van der Waals surface area (Å²) in [5.74, 6) is -0.0745. The lowest BCUT2D eigenvalue weighted by molar-refractivity contribution is -0.139. The Hall–Kier alpha value is -3.68. The van der Waals surface area contributed by atoms with Crippen molar-refractivity contribution < 1.29 is 24.0 Å². The number of hydrogen-bond donors (Lipinski definition) is 1. The average molecular weight is 423 g/mol. The molecule has 8 nitrogen and oxygen atoms in total. The van der Waals surface area contributed by atoms with E-state index in [1.807, 2.05) is 42.5 Å². The van der Waals surface area contributed by atoms with Crippen LogP contribution in [0.3, 0.4) is 0 Å². The first kappa shape index (κ1) is 22.0. The molecule has 3 aromatic rings. The fourth-order valence-electron chi connectivity index (χ4n) is 2.95. The van der Waals surface area contributed by atoms with E-state index in [9.17, 15) is 9.90 Å². The maximum absolute atomic E-state index is 11.6. The standard InChI is InChI=1S/C23H25N3O5/c1-3-30-25-16(2)20(23(27)28)13-18-9-11-19(12-10-18)29-15-22-24-21(26-31-22)14-17-7-5-4-6-8-17/h4-12,20H,3,13-15H2,1-2H3,(H,27,28)/b25-16+. The van der Waals surface area contributed by atoms with Gasteiger partial charge in [-0.05, 0) is 43.5 Å². The smallest absolute Gasteiger partial charge is 0.312 e. The van der Waals surface area contributed by atoms with Crippen molar-refractivity contribution in [3.05, 3.63) is 77.4 Å². The average Bonchev–Trinajstić information content (AvgIpc) is 3.23. The highest BCUT2D eigenvalue weighted by Crippen LogP contribution is 2.18. The number of carboxylic acid groups (broad SMARTS) is 1. The Bertz CT molecular complexity index is 1000. The van der Waals surface area contributed by atoms with Gasteiger partial charge in [0.2, 0.25) is 0 Å². The van der Waals surface area contributed by atoms with Crippen molar-refractivity contribution in [3.63, 3.8) is 0 Å². The molecule has 1 heterocycles. The third-order valence-corrected chi connectivity index (χ3v) is 4.58. The van der Waals surface area contributed by atoms with E-state index in [1.54, 1.807) is 26.0 Å². The van der Waals surface area contributed by atoms with Crippen LogP contribution in [0.25, 0.3) is 0 Å². The molecule has 8 heteroatoms. The molecule has 3 rings (SSSR count). The summed E-state index contributed by atoms with van der Waals surface area (Å²) < 4.78 is 11.0. The first-order valence-electron chi connectivity index (χ1n) is 10.0. The molecule has 0 amide bonds. The lowest BCUT2D eigenvalue weighted by Crippen LogP contribution is -2.24. The van der Waals surface area contributed by atoms with Gasteiger partial charge in [0.1, 0.15) is 18.3 Å². The molecule has 0 aliphatic heterocycles. The zero-order valence-corrected chi connectivity index (χ0v) is 17.5. The lowest BCUT2D eigenvalue weighted by atomic mass is 9.95. The Morgan fingerprint density at radius 2 is 1.87 bits per heavy atom. The highest BCUT2D eigenvalue weighted by Gasteiger charge is 2.22. The Kier molecular flexibility index (Phi) is 7.75. The first-order valence-corrected chi connectivity index (χ1v) is 10.0. The van der Waals surface area contributed by atoms with Gasteiger partial charge >= 0.3 is 5.97 Å². The van der Waals surface area contributed by atoms with E-state index in [0.717, 1.165) is 11.1 Å². The van der Waals surface area contributed by atoms with Gasteiger partial charge in [-0.3, -0.25) is 4.79 Å². The summed E-state index contributed by atoms with van der Waals surface area (Å²) in [6.07, 6.45) is 0.903. The summed E-state index contributed by atoms with van der Waals surface area (Å²) in [7, 11) is 0. The molecule has 1 N–H and O–H groups in total. The predicted molar refractivity (Wildman–Crippen MR) is 114 cm³/mol. The van der Waals surface area contributed by atoms with E-state index in [0.29, 0.717) is 42.6 Å². The van der Waals surface area contributed by atoms with Gasteiger partial charge in [-0.1, -0.05) is 52.8 Å². The fourth-order valence-corrected chi connectivity index (χ4v) is 2.95. The molecule has 0 aliphatic carbocycles. The van der Waals surface area contributed by atoms with Crippen LogP contribution in [-0.2, 0) is 29.1 Å². The van der Waals surface area contributed by atoms with Crippen LogP contribution in [0.15, 0.2) is 64.3 Å². The van der Waals surface area contributed by atoms with Crippen LogP contribution in [0.5, 0.6) is 5.75 Å². The third kappa shape index (κ3) is 6.67. The quantitative estimate of drug-likeness (QED) is 0.368. The molecule has 162 valence electrons. The summed E-state index contributed by atoms with van der Waals surface area (Å²) in [6.45, 7) is 3.99. The molecule has 0 saturated carbocycles. The molecule has 0 aliphatic rings. The molecule has 1 aromatic heterocycles. The summed E-state index contributed by atoms with van der Waals surface area (Å²) in [5, 5.41) is 17.3. The van der Waals surface area contributed by atoms with Crippen molar-refractivity contribution in [3.8, 4) is 5.75 Å². The highest BCUT2D eigenvalue weighted by molar-refractivity contribution is 6.00. The fraction of sp³-hybridized carbons (Fsp3) is 0.304. The number of benzene rings is 2. The molecule has 0 saturated heterocycles. The Morgan fingerprint density at radius 1 is 1.13 bits per heavy atom. The Balaban J connectivity index is 1.54. The van der Waals surface area contributed by atoms with Gasteiger partial charge in [0.05, 0.1) is 5.71 Å². The number of carboxylic acids is 1. The molecule has 1 unspecified atom stereocenters. The normalized spacial score (nSPS) is 12.4. The van der Waals surface area contributed by atoms with E-state index >= 15 is 0 Å². The van der Waals surface area contributed by atoms with Gasteiger partial charge in [0, 0.05) is 6.42 Å². The van der Waals surface area contributed by atoms with Gasteiger partial charge in [0.25, 0.3) is 5.89 Å². The molecule has 2 aromatic carbocycles. The molecule has 0 fully saturated rings. The SMILES string of the molecule is CCO/N=C(\C)C(Cc1ccc(OCc2nc(Cc3ccccc3)no2)cc1)C(=O)O. The molecular weight excluding hydrogens is 398 g/mol. The summed E-state index contributed by atoms with van der Waals surface area (Å²) >= 11 is 0. The Morgan fingerprint density at radius 3 is 2.55 bits per heavy atom. The maximum atomic E-state index is 11.6. The number of oxime groups is 1. The zero-order chi connectivity index (χ0) is 22.1. The van der Waals surface area contributed by atoms with Crippen molar-refractivity contribution >= 4 is 11.7 Å². The van der Waals surface area contributed by atoms with Crippen molar-refractivity contribution in [1.82, 2.24) is 10.1 Å². The summed E-state index contributed by atoms with van der Waals surface area (Å²) in [5.41, 5.74) is 2.39. The lowest BCUT2D eigenvalue weighted by Gasteiger charge is -2.12. The van der Waals surface area contributed by atoms with Crippen LogP contribution in [0.4, 0.5) is 0 Å². The van der Waals surface area contributed by atoms with Crippen LogP contribution >= 0.6 is 0 Å².